The molecule has 0 saturated carbocycles. The smallest absolute Gasteiger partial charge is 0.315 e. The molecule has 1 fully saturated rings. The number of hydrogen-bond donors (Lipinski definition) is 0. The molecular weight excluding hydrogens is 336 g/mol. The zero-order valence-electron chi connectivity index (χ0n) is 15.6. The van der Waals surface area contributed by atoms with E-state index in [1.807, 2.05) is 13.8 Å². The fourth-order valence-electron chi connectivity index (χ4n) is 2.87. The molecule has 7 heteroatoms. The molecule has 0 N–H and O–H groups in total. The predicted octanol–water partition coefficient (Wildman–Crippen LogP) is 3.46. The van der Waals surface area contributed by atoms with Gasteiger partial charge >= 0.3 is 5.69 Å². The SMILES string of the molecule is CCCCOc1c(OC)cc(/C=C2\CN(CC)CCC2=O)cc1[N+](=O)[O-]. The second-order valence-electron chi connectivity index (χ2n) is 6.24. The molecule has 1 aromatic rings. The van der Waals surface area contributed by atoms with E-state index in [1.165, 1.54) is 13.2 Å². The second kappa shape index (κ2) is 9.33. The number of rotatable bonds is 8. The Morgan fingerprint density at radius 2 is 2.12 bits per heavy atom. The molecule has 0 radical (unpaired) electrons. The lowest BCUT2D eigenvalue weighted by Crippen LogP contribution is -2.35. The maximum absolute atomic E-state index is 12.2. The fraction of sp³-hybridized carbons (Fsp3) is 0.526. The molecule has 142 valence electrons. The number of carbonyl (C=O) groups is 1. The lowest BCUT2D eigenvalue weighted by molar-refractivity contribution is -0.386. The van der Waals surface area contributed by atoms with Crippen LogP contribution in [0.5, 0.6) is 11.5 Å². The van der Waals surface area contributed by atoms with Gasteiger partial charge in [0.25, 0.3) is 0 Å². The predicted molar refractivity (Wildman–Crippen MR) is 99.8 cm³/mol. The normalized spacial score (nSPS) is 16.7. The van der Waals surface area contributed by atoms with Crippen LogP contribution in [0.4, 0.5) is 5.69 Å². The summed E-state index contributed by atoms with van der Waals surface area (Å²) in [7, 11) is 1.45. The Labute approximate surface area is 153 Å². The number of ketones is 1. The van der Waals surface area contributed by atoms with Crippen molar-refractivity contribution in [1.29, 1.82) is 0 Å². The van der Waals surface area contributed by atoms with Crippen molar-refractivity contribution in [1.82, 2.24) is 4.90 Å². The van der Waals surface area contributed by atoms with Gasteiger partial charge in [0, 0.05) is 31.1 Å². The quantitative estimate of drug-likeness (QED) is 0.305. The van der Waals surface area contributed by atoms with Gasteiger partial charge in [-0.3, -0.25) is 19.8 Å². The van der Waals surface area contributed by atoms with Crippen LogP contribution in [0.2, 0.25) is 0 Å². The van der Waals surface area contributed by atoms with Gasteiger partial charge in [-0.05, 0) is 30.7 Å². The van der Waals surface area contributed by atoms with Crippen molar-refractivity contribution < 1.29 is 19.2 Å². The van der Waals surface area contributed by atoms with Gasteiger partial charge in [0.15, 0.2) is 11.5 Å². The number of carbonyl (C=O) groups excluding carboxylic acids is 1. The molecule has 1 aromatic carbocycles. The first-order valence-electron chi connectivity index (χ1n) is 8.95. The lowest BCUT2D eigenvalue weighted by atomic mass is 10.00. The number of hydrogen-bond acceptors (Lipinski definition) is 6. The van der Waals surface area contributed by atoms with Crippen LogP contribution in [-0.2, 0) is 4.79 Å². The van der Waals surface area contributed by atoms with Crippen molar-refractivity contribution in [2.75, 3.05) is 33.4 Å². The van der Waals surface area contributed by atoms with E-state index in [9.17, 15) is 14.9 Å². The topological polar surface area (TPSA) is 81.9 Å². The summed E-state index contributed by atoms with van der Waals surface area (Å²) in [6.07, 6.45) is 3.91. The maximum atomic E-state index is 12.2. The lowest BCUT2D eigenvalue weighted by Gasteiger charge is -2.26. The average Bonchev–Trinajstić information content (AvgIpc) is 2.64. The molecule has 0 bridgehead atoms. The van der Waals surface area contributed by atoms with E-state index in [0.29, 0.717) is 36.5 Å². The zero-order valence-corrected chi connectivity index (χ0v) is 15.6. The molecule has 1 aliphatic heterocycles. The van der Waals surface area contributed by atoms with Gasteiger partial charge in [0.1, 0.15) is 0 Å². The number of nitro benzene ring substituents is 1. The summed E-state index contributed by atoms with van der Waals surface area (Å²) in [4.78, 5) is 25.4. The van der Waals surface area contributed by atoms with Gasteiger partial charge in [-0.2, -0.15) is 0 Å². The fourth-order valence-corrected chi connectivity index (χ4v) is 2.87. The van der Waals surface area contributed by atoms with Gasteiger partial charge in [-0.25, -0.2) is 0 Å². The minimum absolute atomic E-state index is 0.0830. The number of nitro groups is 1. The molecule has 1 aliphatic rings. The molecule has 1 saturated heterocycles. The van der Waals surface area contributed by atoms with Crippen molar-refractivity contribution in [3.8, 4) is 11.5 Å². The van der Waals surface area contributed by atoms with Gasteiger partial charge in [-0.1, -0.05) is 20.3 Å². The van der Waals surface area contributed by atoms with Crippen molar-refractivity contribution in [2.24, 2.45) is 0 Å². The third-order valence-corrected chi connectivity index (χ3v) is 4.41. The van der Waals surface area contributed by atoms with Crippen molar-refractivity contribution in [3.63, 3.8) is 0 Å². The van der Waals surface area contributed by atoms with E-state index in [2.05, 4.69) is 4.90 Å². The number of piperidine rings is 1. The third kappa shape index (κ3) is 4.82. The summed E-state index contributed by atoms with van der Waals surface area (Å²) in [6, 6.07) is 3.12. The van der Waals surface area contributed by atoms with Gasteiger partial charge < -0.3 is 9.47 Å². The van der Waals surface area contributed by atoms with E-state index in [4.69, 9.17) is 9.47 Å². The van der Waals surface area contributed by atoms with E-state index in [-0.39, 0.29) is 17.2 Å². The van der Waals surface area contributed by atoms with Crippen LogP contribution in [0, 0.1) is 10.1 Å². The Morgan fingerprint density at radius 1 is 1.35 bits per heavy atom. The molecule has 0 unspecified atom stereocenters. The van der Waals surface area contributed by atoms with Crippen LogP contribution in [0.3, 0.4) is 0 Å². The largest absolute Gasteiger partial charge is 0.493 e. The molecular formula is C19H26N2O5. The maximum Gasteiger partial charge on any atom is 0.315 e. The number of likely N-dealkylation sites (tertiary alicyclic amines) is 1. The molecule has 0 aliphatic carbocycles. The van der Waals surface area contributed by atoms with Crippen molar-refractivity contribution in [3.05, 3.63) is 33.4 Å². The molecule has 0 atom stereocenters. The number of likely N-dealkylation sites (N-methyl/N-ethyl adjacent to an activating group) is 1. The standard InChI is InChI=1S/C19H26N2O5/c1-4-6-9-26-19-16(21(23)24)11-14(12-18(19)25-3)10-15-13-20(5-2)8-7-17(15)22/h10-12H,4-9,13H2,1-3H3/b15-10+. The first kappa shape index (κ1) is 19.9. The first-order chi connectivity index (χ1) is 12.5. The summed E-state index contributed by atoms with van der Waals surface area (Å²) in [5, 5.41) is 11.5. The summed E-state index contributed by atoms with van der Waals surface area (Å²) in [5.41, 5.74) is 1.08. The average molecular weight is 362 g/mol. The van der Waals surface area contributed by atoms with Gasteiger partial charge in [0.05, 0.1) is 18.6 Å². The van der Waals surface area contributed by atoms with E-state index in [0.717, 1.165) is 25.9 Å². The minimum Gasteiger partial charge on any atom is -0.493 e. The Hall–Kier alpha value is -2.41. The van der Waals surface area contributed by atoms with E-state index < -0.39 is 4.92 Å². The van der Waals surface area contributed by atoms with Gasteiger partial charge in [-0.15, -0.1) is 0 Å². The minimum atomic E-state index is -0.479. The molecule has 2 rings (SSSR count). The Bertz CT molecular complexity index is 699. The van der Waals surface area contributed by atoms with Crippen LogP contribution in [0.25, 0.3) is 6.08 Å². The summed E-state index contributed by atoms with van der Waals surface area (Å²) >= 11 is 0. The third-order valence-electron chi connectivity index (χ3n) is 4.41. The summed E-state index contributed by atoms with van der Waals surface area (Å²) < 4.78 is 10.9. The number of ether oxygens (including phenoxy) is 2. The van der Waals surface area contributed by atoms with Crippen LogP contribution >= 0.6 is 0 Å². The van der Waals surface area contributed by atoms with Crippen molar-refractivity contribution in [2.45, 2.75) is 33.1 Å². The zero-order chi connectivity index (χ0) is 19.1. The first-order valence-corrected chi connectivity index (χ1v) is 8.95. The molecule has 26 heavy (non-hydrogen) atoms. The summed E-state index contributed by atoms with van der Waals surface area (Å²) in [6.45, 7) is 6.62. The second-order valence-corrected chi connectivity index (χ2v) is 6.24. The number of unbranched alkanes of at least 4 members (excludes halogenated alkanes) is 1. The van der Waals surface area contributed by atoms with E-state index in [1.54, 1.807) is 12.1 Å². The molecule has 0 amide bonds. The highest BCUT2D eigenvalue weighted by molar-refractivity contribution is 6.00. The van der Waals surface area contributed by atoms with Crippen LogP contribution < -0.4 is 9.47 Å². The molecule has 1 heterocycles. The number of nitrogens with zero attached hydrogens (tertiary/aromatic N) is 2. The molecule has 0 aromatic heterocycles. The van der Waals surface area contributed by atoms with Gasteiger partial charge in [0.2, 0.25) is 5.75 Å². The number of methoxy groups -OCH3 is 1. The van der Waals surface area contributed by atoms with Crippen LogP contribution in [-0.4, -0.2) is 49.0 Å². The van der Waals surface area contributed by atoms with Crippen LogP contribution in [0.1, 0.15) is 38.7 Å². The Kier molecular flexibility index (Phi) is 7.15. The Balaban J connectivity index is 2.40. The number of benzene rings is 1. The highest BCUT2D eigenvalue weighted by atomic mass is 16.6. The van der Waals surface area contributed by atoms with Crippen LogP contribution in [0.15, 0.2) is 17.7 Å². The number of Topliss-reactive ketones (excluding diaryl/α,β-unsaturated/α-hetero) is 1. The Morgan fingerprint density at radius 3 is 2.73 bits per heavy atom. The summed E-state index contributed by atoms with van der Waals surface area (Å²) in [5.74, 6) is 0.524. The molecule has 0 spiro atoms. The molecule has 7 nitrogen and oxygen atoms in total. The van der Waals surface area contributed by atoms with Crippen molar-refractivity contribution >= 4 is 17.5 Å². The highest BCUT2D eigenvalue weighted by Gasteiger charge is 2.24. The van der Waals surface area contributed by atoms with E-state index >= 15 is 0 Å². The monoisotopic (exact) mass is 362 g/mol. The highest BCUT2D eigenvalue weighted by Crippen LogP contribution is 2.39.